The van der Waals surface area contributed by atoms with E-state index in [0.717, 1.165) is 18.7 Å². The Bertz CT molecular complexity index is 521. The normalized spacial score (nSPS) is 19.2. The summed E-state index contributed by atoms with van der Waals surface area (Å²) in [5.41, 5.74) is 0.928. The number of likely N-dealkylation sites (N-methyl/N-ethyl adjacent to an activating group) is 1. The summed E-state index contributed by atoms with van der Waals surface area (Å²) in [6.45, 7) is 5.17. The van der Waals surface area contributed by atoms with Crippen molar-refractivity contribution in [3.8, 4) is 0 Å². The number of nitrogens with zero attached hydrogens (tertiary/aromatic N) is 2. The first kappa shape index (κ1) is 15.4. The molecule has 1 saturated heterocycles. The molecular weight excluding hydrogens is 272 g/mol. The molecule has 2 N–H and O–H groups in total. The number of piperazine rings is 1. The summed E-state index contributed by atoms with van der Waals surface area (Å²) < 4.78 is 0. The number of carbonyl (C=O) groups excluding carboxylic acids is 1. The number of hydrogen-bond donors (Lipinski definition) is 2. The van der Waals surface area contributed by atoms with E-state index >= 15 is 0 Å². The average Bonchev–Trinajstić information content (AvgIpc) is 2.48. The number of amides is 1. The van der Waals surface area contributed by atoms with Gasteiger partial charge in [0.2, 0.25) is 5.91 Å². The fraction of sp³-hybridized carbons (Fsp3) is 0.500. The maximum Gasteiger partial charge on any atom is 0.269 e. The number of nitro groups is 1. The van der Waals surface area contributed by atoms with Crippen LogP contribution in [0.2, 0.25) is 0 Å². The van der Waals surface area contributed by atoms with E-state index in [1.54, 1.807) is 12.1 Å². The van der Waals surface area contributed by atoms with Gasteiger partial charge in [0, 0.05) is 44.9 Å². The van der Waals surface area contributed by atoms with Crippen LogP contribution in [-0.4, -0.2) is 48.0 Å². The first-order chi connectivity index (χ1) is 10.1. The van der Waals surface area contributed by atoms with Crippen LogP contribution in [0.1, 0.15) is 12.5 Å². The van der Waals surface area contributed by atoms with Crippen LogP contribution in [-0.2, 0) is 11.3 Å². The Kier molecular flexibility index (Phi) is 5.24. The topological polar surface area (TPSA) is 87.5 Å². The molecule has 1 fully saturated rings. The van der Waals surface area contributed by atoms with Crippen LogP contribution in [0.4, 0.5) is 5.69 Å². The lowest BCUT2D eigenvalue weighted by Gasteiger charge is -2.35. The largest absolute Gasteiger partial charge is 0.355 e. The highest BCUT2D eigenvalue weighted by atomic mass is 16.6. The van der Waals surface area contributed by atoms with Crippen molar-refractivity contribution in [1.29, 1.82) is 0 Å². The standard InChI is InChI=1S/C14H20N4O3/c1-2-16-14(19)13-9-15-6-7-17(13)10-11-4-3-5-12(8-11)18(20)21/h3-5,8,13,15H,2,6-7,9-10H2,1H3,(H,16,19). The minimum Gasteiger partial charge on any atom is -0.355 e. The highest BCUT2D eigenvalue weighted by Crippen LogP contribution is 2.16. The lowest BCUT2D eigenvalue weighted by molar-refractivity contribution is -0.384. The zero-order valence-corrected chi connectivity index (χ0v) is 12.0. The van der Waals surface area contributed by atoms with Crippen LogP contribution in [0.3, 0.4) is 0 Å². The summed E-state index contributed by atoms with van der Waals surface area (Å²) in [6.07, 6.45) is 0. The monoisotopic (exact) mass is 292 g/mol. The molecule has 2 rings (SSSR count). The molecule has 1 aromatic rings. The van der Waals surface area contributed by atoms with Crippen LogP contribution in [0.15, 0.2) is 24.3 Å². The molecule has 1 atom stereocenters. The Balaban J connectivity index is 2.10. The number of nitrogens with one attached hydrogen (secondary N) is 2. The third-order valence-corrected chi connectivity index (χ3v) is 3.51. The molecule has 1 amide bonds. The molecule has 1 unspecified atom stereocenters. The Morgan fingerprint density at radius 1 is 1.57 bits per heavy atom. The van der Waals surface area contributed by atoms with Crippen molar-refractivity contribution in [3.05, 3.63) is 39.9 Å². The van der Waals surface area contributed by atoms with Crippen molar-refractivity contribution in [2.24, 2.45) is 0 Å². The first-order valence-corrected chi connectivity index (χ1v) is 7.07. The zero-order chi connectivity index (χ0) is 15.2. The minimum absolute atomic E-state index is 0.00451. The van der Waals surface area contributed by atoms with Gasteiger partial charge < -0.3 is 10.6 Å². The van der Waals surface area contributed by atoms with Gasteiger partial charge in [-0.05, 0) is 12.5 Å². The van der Waals surface area contributed by atoms with Gasteiger partial charge in [0.15, 0.2) is 0 Å². The molecule has 0 saturated carbocycles. The fourth-order valence-corrected chi connectivity index (χ4v) is 2.49. The lowest BCUT2D eigenvalue weighted by Crippen LogP contribution is -2.57. The van der Waals surface area contributed by atoms with E-state index in [1.807, 2.05) is 13.0 Å². The third-order valence-electron chi connectivity index (χ3n) is 3.51. The summed E-state index contributed by atoms with van der Waals surface area (Å²) in [7, 11) is 0. The Morgan fingerprint density at radius 3 is 3.10 bits per heavy atom. The number of rotatable bonds is 5. The molecule has 0 aliphatic carbocycles. The van der Waals surface area contributed by atoms with Gasteiger partial charge in [-0.1, -0.05) is 12.1 Å². The molecule has 7 heteroatoms. The number of non-ortho nitro benzene ring substituents is 1. The van der Waals surface area contributed by atoms with Crippen molar-refractivity contribution >= 4 is 11.6 Å². The zero-order valence-electron chi connectivity index (χ0n) is 12.0. The van der Waals surface area contributed by atoms with Crippen LogP contribution in [0, 0.1) is 10.1 Å². The predicted octanol–water partition coefficient (Wildman–Crippen LogP) is 0.505. The minimum atomic E-state index is -0.400. The quantitative estimate of drug-likeness (QED) is 0.610. The highest BCUT2D eigenvalue weighted by molar-refractivity contribution is 5.82. The maximum atomic E-state index is 12.1. The lowest BCUT2D eigenvalue weighted by atomic mass is 10.1. The first-order valence-electron chi connectivity index (χ1n) is 7.07. The van der Waals surface area contributed by atoms with Gasteiger partial charge in [0.1, 0.15) is 6.04 Å². The molecule has 0 aromatic heterocycles. The van der Waals surface area contributed by atoms with Crippen LogP contribution in [0.5, 0.6) is 0 Å². The molecule has 1 aliphatic heterocycles. The Hall–Kier alpha value is -1.99. The molecule has 1 aliphatic rings. The van der Waals surface area contributed by atoms with Gasteiger partial charge in [0.05, 0.1) is 4.92 Å². The van der Waals surface area contributed by atoms with Crippen LogP contribution < -0.4 is 10.6 Å². The van der Waals surface area contributed by atoms with E-state index in [0.29, 0.717) is 19.6 Å². The SMILES string of the molecule is CCNC(=O)C1CNCCN1Cc1cccc([N+](=O)[O-])c1. The van der Waals surface area contributed by atoms with Crippen molar-refractivity contribution < 1.29 is 9.72 Å². The van der Waals surface area contributed by atoms with Gasteiger partial charge >= 0.3 is 0 Å². The molecule has 0 bridgehead atoms. The number of benzene rings is 1. The van der Waals surface area contributed by atoms with Gasteiger partial charge in [-0.3, -0.25) is 19.8 Å². The van der Waals surface area contributed by atoms with E-state index in [-0.39, 0.29) is 17.6 Å². The summed E-state index contributed by atoms with van der Waals surface area (Å²) in [5.74, 6) is -0.00451. The van der Waals surface area contributed by atoms with E-state index in [1.165, 1.54) is 6.07 Å². The summed E-state index contributed by atoms with van der Waals surface area (Å²) >= 11 is 0. The van der Waals surface area contributed by atoms with Crippen LogP contribution in [0.25, 0.3) is 0 Å². The average molecular weight is 292 g/mol. The molecule has 0 radical (unpaired) electrons. The molecule has 7 nitrogen and oxygen atoms in total. The third kappa shape index (κ3) is 3.99. The summed E-state index contributed by atoms with van der Waals surface area (Å²) in [6, 6.07) is 6.33. The van der Waals surface area contributed by atoms with Crippen LogP contribution >= 0.6 is 0 Å². The second-order valence-electron chi connectivity index (χ2n) is 5.01. The molecule has 1 heterocycles. The highest BCUT2D eigenvalue weighted by Gasteiger charge is 2.28. The number of carbonyl (C=O) groups is 1. The van der Waals surface area contributed by atoms with Gasteiger partial charge in [-0.15, -0.1) is 0 Å². The van der Waals surface area contributed by atoms with Crippen molar-refractivity contribution in [3.63, 3.8) is 0 Å². The van der Waals surface area contributed by atoms with Gasteiger partial charge in [-0.25, -0.2) is 0 Å². The Morgan fingerprint density at radius 2 is 2.38 bits per heavy atom. The van der Waals surface area contributed by atoms with Gasteiger partial charge in [-0.2, -0.15) is 0 Å². The van der Waals surface area contributed by atoms with E-state index in [4.69, 9.17) is 0 Å². The summed E-state index contributed by atoms with van der Waals surface area (Å²) in [4.78, 5) is 24.5. The van der Waals surface area contributed by atoms with E-state index in [9.17, 15) is 14.9 Å². The maximum absolute atomic E-state index is 12.1. The molecule has 114 valence electrons. The molecule has 21 heavy (non-hydrogen) atoms. The molecule has 1 aromatic carbocycles. The Labute approximate surface area is 123 Å². The second kappa shape index (κ2) is 7.14. The molecule has 0 spiro atoms. The van der Waals surface area contributed by atoms with Gasteiger partial charge in [0.25, 0.3) is 5.69 Å². The summed E-state index contributed by atoms with van der Waals surface area (Å²) in [5, 5.41) is 16.9. The number of hydrogen-bond acceptors (Lipinski definition) is 5. The van der Waals surface area contributed by atoms with Crippen molar-refractivity contribution in [2.75, 3.05) is 26.2 Å². The van der Waals surface area contributed by atoms with Crippen molar-refractivity contribution in [2.45, 2.75) is 19.5 Å². The second-order valence-corrected chi connectivity index (χ2v) is 5.01. The predicted molar refractivity (Wildman–Crippen MR) is 78.8 cm³/mol. The number of nitro benzene ring substituents is 1. The van der Waals surface area contributed by atoms with E-state index in [2.05, 4.69) is 15.5 Å². The molecular formula is C14H20N4O3. The smallest absolute Gasteiger partial charge is 0.269 e. The fourth-order valence-electron chi connectivity index (χ4n) is 2.49. The van der Waals surface area contributed by atoms with Crippen molar-refractivity contribution in [1.82, 2.24) is 15.5 Å². The van der Waals surface area contributed by atoms with E-state index < -0.39 is 4.92 Å².